The second kappa shape index (κ2) is 6.62. The van der Waals surface area contributed by atoms with E-state index < -0.39 is 0 Å². The summed E-state index contributed by atoms with van der Waals surface area (Å²) in [5.41, 5.74) is 1.87. The molecule has 1 atom stereocenters. The Morgan fingerprint density at radius 2 is 1.90 bits per heavy atom. The van der Waals surface area contributed by atoms with Crippen LogP contribution in [0, 0.1) is 5.82 Å². The molecule has 0 fully saturated rings. The molecule has 4 heteroatoms. The molecule has 0 saturated heterocycles. The first-order chi connectivity index (χ1) is 9.60. The van der Waals surface area contributed by atoms with Crippen molar-refractivity contribution in [2.24, 2.45) is 0 Å². The van der Waals surface area contributed by atoms with Crippen molar-refractivity contribution in [3.05, 3.63) is 58.9 Å². The maximum atomic E-state index is 13.3. The first-order valence-electron chi connectivity index (χ1n) is 6.54. The van der Waals surface area contributed by atoms with E-state index in [0.717, 1.165) is 11.3 Å². The van der Waals surface area contributed by atoms with E-state index in [4.69, 9.17) is 16.3 Å². The van der Waals surface area contributed by atoms with Crippen LogP contribution in [0.2, 0.25) is 5.02 Å². The molecule has 1 unspecified atom stereocenters. The molecule has 1 N–H and O–H groups in total. The molecule has 0 bridgehead atoms. The molecule has 2 aromatic carbocycles. The molecule has 0 spiro atoms. The van der Waals surface area contributed by atoms with E-state index in [2.05, 4.69) is 5.32 Å². The van der Waals surface area contributed by atoms with Crippen LogP contribution in [0.3, 0.4) is 0 Å². The Morgan fingerprint density at radius 1 is 1.20 bits per heavy atom. The zero-order valence-electron chi connectivity index (χ0n) is 11.5. The summed E-state index contributed by atoms with van der Waals surface area (Å²) in [5, 5.41) is 4.03. The molecule has 2 nitrogen and oxygen atoms in total. The number of rotatable bonds is 5. The Balaban J connectivity index is 2.18. The van der Waals surface area contributed by atoms with E-state index in [0.29, 0.717) is 17.4 Å². The van der Waals surface area contributed by atoms with Gasteiger partial charge >= 0.3 is 0 Å². The van der Waals surface area contributed by atoms with E-state index >= 15 is 0 Å². The van der Waals surface area contributed by atoms with Gasteiger partial charge in [0.2, 0.25) is 0 Å². The Kier molecular flexibility index (Phi) is 4.85. The van der Waals surface area contributed by atoms with Gasteiger partial charge in [-0.2, -0.15) is 0 Å². The van der Waals surface area contributed by atoms with Gasteiger partial charge in [0.05, 0.1) is 12.3 Å². The number of benzene rings is 2. The van der Waals surface area contributed by atoms with Gasteiger partial charge in [-0.25, -0.2) is 4.39 Å². The SMILES string of the molecule is CCOc1cc(F)ccc1NC(C)c1ccc(Cl)cc1. The van der Waals surface area contributed by atoms with Gasteiger partial charge in [-0.15, -0.1) is 0 Å². The molecule has 0 amide bonds. The van der Waals surface area contributed by atoms with Gasteiger partial charge in [0.25, 0.3) is 0 Å². The van der Waals surface area contributed by atoms with Crippen molar-refractivity contribution in [2.45, 2.75) is 19.9 Å². The Hall–Kier alpha value is -1.74. The predicted molar refractivity (Wildman–Crippen MR) is 81.1 cm³/mol. The fraction of sp³-hybridized carbons (Fsp3) is 0.250. The lowest BCUT2D eigenvalue weighted by atomic mass is 10.1. The van der Waals surface area contributed by atoms with E-state index in [1.165, 1.54) is 12.1 Å². The van der Waals surface area contributed by atoms with Gasteiger partial charge in [-0.3, -0.25) is 0 Å². The van der Waals surface area contributed by atoms with Crippen LogP contribution >= 0.6 is 11.6 Å². The standard InChI is InChI=1S/C16H17ClFNO/c1-3-20-16-10-14(18)8-9-15(16)19-11(2)12-4-6-13(17)7-5-12/h4-11,19H,3H2,1-2H3. The molecule has 0 aliphatic carbocycles. The van der Waals surface area contributed by atoms with Crippen LogP contribution in [-0.4, -0.2) is 6.61 Å². The monoisotopic (exact) mass is 293 g/mol. The van der Waals surface area contributed by atoms with Crippen LogP contribution < -0.4 is 10.1 Å². The van der Waals surface area contributed by atoms with Crippen molar-refractivity contribution in [2.75, 3.05) is 11.9 Å². The van der Waals surface area contributed by atoms with Crippen LogP contribution in [0.15, 0.2) is 42.5 Å². The summed E-state index contributed by atoms with van der Waals surface area (Å²) in [7, 11) is 0. The molecule has 0 radical (unpaired) electrons. The van der Waals surface area contributed by atoms with Crippen molar-refractivity contribution in [3.8, 4) is 5.75 Å². The maximum Gasteiger partial charge on any atom is 0.145 e. The predicted octanol–water partition coefficient (Wildman–Crippen LogP) is 5.05. The molecule has 20 heavy (non-hydrogen) atoms. The van der Waals surface area contributed by atoms with Crippen molar-refractivity contribution < 1.29 is 9.13 Å². The highest BCUT2D eigenvalue weighted by Crippen LogP contribution is 2.29. The van der Waals surface area contributed by atoms with Gasteiger partial charge in [0, 0.05) is 17.1 Å². The quantitative estimate of drug-likeness (QED) is 0.833. The highest BCUT2D eigenvalue weighted by atomic mass is 35.5. The third-order valence-electron chi connectivity index (χ3n) is 2.99. The second-order valence-corrected chi connectivity index (χ2v) is 4.93. The molecule has 2 rings (SSSR count). The molecule has 106 valence electrons. The minimum Gasteiger partial charge on any atom is -0.492 e. The van der Waals surface area contributed by atoms with E-state index in [-0.39, 0.29) is 11.9 Å². The zero-order chi connectivity index (χ0) is 14.5. The molecule has 2 aromatic rings. The van der Waals surface area contributed by atoms with Gasteiger partial charge in [0.15, 0.2) is 0 Å². The molecule has 0 aliphatic heterocycles. The molecular formula is C16H17ClFNO. The lowest BCUT2D eigenvalue weighted by molar-refractivity contribution is 0.339. The second-order valence-electron chi connectivity index (χ2n) is 4.49. The molecule has 0 aliphatic rings. The van der Waals surface area contributed by atoms with Crippen LogP contribution in [0.25, 0.3) is 0 Å². The first-order valence-corrected chi connectivity index (χ1v) is 6.92. The fourth-order valence-electron chi connectivity index (χ4n) is 1.96. The zero-order valence-corrected chi connectivity index (χ0v) is 12.2. The van der Waals surface area contributed by atoms with E-state index in [1.807, 2.05) is 38.1 Å². The number of anilines is 1. The average Bonchev–Trinajstić information content (AvgIpc) is 2.43. The van der Waals surface area contributed by atoms with Gasteiger partial charge in [0.1, 0.15) is 11.6 Å². The number of ether oxygens (including phenoxy) is 1. The van der Waals surface area contributed by atoms with Crippen molar-refractivity contribution >= 4 is 17.3 Å². The van der Waals surface area contributed by atoms with Crippen LogP contribution in [0.5, 0.6) is 5.75 Å². The highest BCUT2D eigenvalue weighted by Gasteiger charge is 2.10. The number of hydrogen-bond acceptors (Lipinski definition) is 2. The maximum absolute atomic E-state index is 13.3. The lowest BCUT2D eigenvalue weighted by Gasteiger charge is -2.18. The van der Waals surface area contributed by atoms with Gasteiger partial charge < -0.3 is 10.1 Å². The normalized spacial score (nSPS) is 12.0. The summed E-state index contributed by atoms with van der Waals surface area (Å²) >= 11 is 5.88. The average molecular weight is 294 g/mol. The Bertz CT molecular complexity index is 571. The fourth-order valence-corrected chi connectivity index (χ4v) is 2.08. The van der Waals surface area contributed by atoms with Gasteiger partial charge in [-0.1, -0.05) is 23.7 Å². The molecule has 0 saturated carbocycles. The Morgan fingerprint density at radius 3 is 2.55 bits per heavy atom. The van der Waals surface area contributed by atoms with E-state index in [1.54, 1.807) is 6.07 Å². The largest absolute Gasteiger partial charge is 0.492 e. The Labute approximate surface area is 123 Å². The van der Waals surface area contributed by atoms with Crippen molar-refractivity contribution in [1.29, 1.82) is 0 Å². The van der Waals surface area contributed by atoms with Gasteiger partial charge in [-0.05, 0) is 43.7 Å². The molecular weight excluding hydrogens is 277 g/mol. The summed E-state index contributed by atoms with van der Waals surface area (Å²) in [6.45, 7) is 4.40. The minimum atomic E-state index is -0.307. The summed E-state index contributed by atoms with van der Waals surface area (Å²) in [5.74, 6) is 0.214. The topological polar surface area (TPSA) is 21.3 Å². The third-order valence-corrected chi connectivity index (χ3v) is 3.24. The summed E-state index contributed by atoms with van der Waals surface area (Å²) < 4.78 is 18.7. The number of halogens is 2. The summed E-state index contributed by atoms with van der Waals surface area (Å²) in [4.78, 5) is 0. The summed E-state index contributed by atoms with van der Waals surface area (Å²) in [6.07, 6.45) is 0. The number of nitrogens with one attached hydrogen (secondary N) is 1. The highest BCUT2D eigenvalue weighted by molar-refractivity contribution is 6.30. The van der Waals surface area contributed by atoms with Crippen LogP contribution in [0.4, 0.5) is 10.1 Å². The molecule has 0 heterocycles. The smallest absolute Gasteiger partial charge is 0.145 e. The van der Waals surface area contributed by atoms with Crippen molar-refractivity contribution in [1.82, 2.24) is 0 Å². The van der Waals surface area contributed by atoms with Crippen LogP contribution in [0.1, 0.15) is 25.5 Å². The first kappa shape index (κ1) is 14.7. The van der Waals surface area contributed by atoms with E-state index in [9.17, 15) is 4.39 Å². The summed E-state index contributed by atoms with van der Waals surface area (Å²) in [6, 6.07) is 12.2. The number of hydrogen-bond donors (Lipinski definition) is 1. The lowest BCUT2D eigenvalue weighted by Crippen LogP contribution is -2.08. The minimum absolute atomic E-state index is 0.0666. The van der Waals surface area contributed by atoms with Crippen molar-refractivity contribution in [3.63, 3.8) is 0 Å². The molecule has 0 aromatic heterocycles. The third kappa shape index (κ3) is 3.64. The van der Waals surface area contributed by atoms with Crippen LogP contribution in [-0.2, 0) is 0 Å².